The summed E-state index contributed by atoms with van der Waals surface area (Å²) in [6.07, 6.45) is 31.5. The van der Waals surface area contributed by atoms with Gasteiger partial charge in [-0.2, -0.15) is 0 Å². The highest BCUT2D eigenvalue weighted by molar-refractivity contribution is 7.47. The number of Topliss-reactive ketones (excluding diaryl/α,β-unsaturated/α-hetero) is 1. The lowest BCUT2D eigenvalue weighted by Crippen LogP contribution is -2.29. The minimum Gasteiger partial charge on any atom is -0.462 e. The number of carbonyl (C=O) groups excluding carboxylic acids is 3. The zero-order chi connectivity index (χ0) is 37.0. The summed E-state index contributed by atoms with van der Waals surface area (Å²) in [7, 11) is -4.44. The molecule has 0 aliphatic rings. The molecule has 0 aliphatic heterocycles. The predicted octanol–water partition coefficient (Wildman–Crippen LogP) is 11.9. The molecule has 0 bridgehead atoms. The molecule has 2 unspecified atom stereocenters. The number of hydrogen-bond donors (Lipinski definition) is 1. The monoisotopic (exact) mass is 733 g/mol. The van der Waals surface area contributed by atoms with Crippen LogP contribution in [-0.2, 0) is 37.5 Å². The van der Waals surface area contributed by atoms with Gasteiger partial charge in [0.15, 0.2) is 6.10 Å². The van der Waals surface area contributed by atoms with E-state index < -0.39 is 32.5 Å². The van der Waals surface area contributed by atoms with Crippen LogP contribution in [0.25, 0.3) is 0 Å². The number of carbonyl (C=O) groups is 3. The Labute approximate surface area is 306 Å². The van der Waals surface area contributed by atoms with Gasteiger partial charge in [-0.3, -0.25) is 18.6 Å². The Bertz CT molecular complexity index is 851. The fraction of sp³-hybridized carbons (Fsp3) is 0.925. The molecule has 1 N–H and O–H groups in total. The first-order valence-corrected chi connectivity index (χ1v) is 22.2. The van der Waals surface area contributed by atoms with Gasteiger partial charge in [0.25, 0.3) is 0 Å². The number of ketones is 1. The number of hydrogen-bond acceptors (Lipinski definition) is 8. The summed E-state index contributed by atoms with van der Waals surface area (Å²) in [5.74, 6) is -0.888. The van der Waals surface area contributed by atoms with Crippen LogP contribution in [0, 0.1) is 0 Å². The number of unbranched alkanes of at least 4 members (excludes halogenated alkanes) is 24. The van der Waals surface area contributed by atoms with Gasteiger partial charge < -0.3 is 19.2 Å². The molecule has 2 atom stereocenters. The van der Waals surface area contributed by atoms with Crippen molar-refractivity contribution in [1.82, 2.24) is 0 Å². The molecule has 0 aromatic heterocycles. The Kier molecular flexibility index (Phi) is 35.2. The third kappa shape index (κ3) is 36.5. The second kappa shape index (κ2) is 36.1. The number of rotatable bonds is 39. The van der Waals surface area contributed by atoms with Crippen LogP contribution in [-0.4, -0.2) is 48.5 Å². The second-order valence-electron chi connectivity index (χ2n) is 14.2. The van der Waals surface area contributed by atoms with Crippen molar-refractivity contribution in [2.24, 2.45) is 0 Å². The van der Waals surface area contributed by atoms with Gasteiger partial charge in [0, 0.05) is 19.3 Å². The normalized spacial score (nSPS) is 13.2. The Balaban J connectivity index is 4.34. The molecular formula is C40H77O9P. The largest absolute Gasteiger partial charge is 0.472 e. The Morgan fingerprint density at radius 2 is 0.880 bits per heavy atom. The SMILES string of the molecule is CCCCCCCCCCCCCCCC(=O)OCC(COP(=O)(O)OCCCC(C)=O)OC(=O)CCCCCCCCCCCCCCC. The van der Waals surface area contributed by atoms with Crippen molar-refractivity contribution in [1.29, 1.82) is 0 Å². The average molecular weight is 733 g/mol. The summed E-state index contributed by atoms with van der Waals surface area (Å²) in [5, 5.41) is 0. The van der Waals surface area contributed by atoms with Crippen LogP contribution in [0.2, 0.25) is 0 Å². The highest BCUT2D eigenvalue weighted by Crippen LogP contribution is 2.43. The maximum Gasteiger partial charge on any atom is 0.472 e. The van der Waals surface area contributed by atoms with E-state index in [1.165, 1.54) is 129 Å². The molecule has 0 saturated carbocycles. The van der Waals surface area contributed by atoms with Crippen LogP contribution in [0.15, 0.2) is 0 Å². The quantitative estimate of drug-likeness (QED) is 0.0373. The Hall–Kier alpha value is -1.28. The molecule has 0 heterocycles. The number of phosphoric acid groups is 1. The summed E-state index contributed by atoms with van der Waals surface area (Å²) in [6, 6.07) is 0. The number of ether oxygens (including phenoxy) is 2. The summed E-state index contributed by atoms with van der Waals surface area (Å²) in [4.78, 5) is 46.2. The fourth-order valence-electron chi connectivity index (χ4n) is 5.91. The molecule has 50 heavy (non-hydrogen) atoms. The zero-order valence-electron chi connectivity index (χ0n) is 32.6. The van der Waals surface area contributed by atoms with Gasteiger partial charge in [-0.25, -0.2) is 4.57 Å². The third-order valence-electron chi connectivity index (χ3n) is 9.05. The van der Waals surface area contributed by atoms with Gasteiger partial charge in [-0.05, 0) is 26.2 Å². The van der Waals surface area contributed by atoms with Crippen LogP contribution in [0.1, 0.15) is 213 Å². The van der Waals surface area contributed by atoms with Gasteiger partial charge in [-0.1, -0.05) is 168 Å². The lowest BCUT2D eigenvalue weighted by molar-refractivity contribution is -0.161. The van der Waals surface area contributed by atoms with E-state index in [-0.39, 0.29) is 44.7 Å². The average Bonchev–Trinajstić information content (AvgIpc) is 3.08. The molecule has 10 heteroatoms. The molecule has 0 aliphatic carbocycles. The molecule has 0 fully saturated rings. The molecule has 0 spiro atoms. The Morgan fingerprint density at radius 1 is 0.500 bits per heavy atom. The maximum absolute atomic E-state index is 12.6. The van der Waals surface area contributed by atoms with Crippen LogP contribution < -0.4 is 0 Å². The van der Waals surface area contributed by atoms with Crippen molar-refractivity contribution in [3.8, 4) is 0 Å². The van der Waals surface area contributed by atoms with Crippen molar-refractivity contribution >= 4 is 25.5 Å². The molecule has 0 radical (unpaired) electrons. The fourth-order valence-corrected chi connectivity index (χ4v) is 6.70. The molecule has 0 aromatic rings. The van der Waals surface area contributed by atoms with Crippen LogP contribution in [0.4, 0.5) is 0 Å². The summed E-state index contributed by atoms with van der Waals surface area (Å²) < 4.78 is 33.2. The van der Waals surface area contributed by atoms with Gasteiger partial charge >= 0.3 is 19.8 Å². The van der Waals surface area contributed by atoms with Crippen molar-refractivity contribution < 1.29 is 42.4 Å². The van der Waals surface area contributed by atoms with E-state index in [0.29, 0.717) is 6.42 Å². The van der Waals surface area contributed by atoms with E-state index in [2.05, 4.69) is 13.8 Å². The summed E-state index contributed by atoms with van der Waals surface area (Å²) in [5.41, 5.74) is 0. The molecule has 9 nitrogen and oxygen atoms in total. The lowest BCUT2D eigenvalue weighted by atomic mass is 10.0. The first-order chi connectivity index (χ1) is 24.2. The standard InChI is InChI=1S/C40H77O9P/c1-4-6-8-10-12-14-16-18-20-22-24-26-28-32-39(42)46-35-38(36-48-50(44,45)47-34-30-31-37(3)41)49-40(43)33-29-27-25-23-21-19-17-15-13-11-9-7-5-2/h38H,4-36H2,1-3H3,(H,44,45). The lowest BCUT2D eigenvalue weighted by Gasteiger charge is -2.20. The predicted molar refractivity (Wildman–Crippen MR) is 203 cm³/mol. The minimum absolute atomic E-state index is 0.0432. The summed E-state index contributed by atoms with van der Waals surface area (Å²) in [6.45, 7) is 5.10. The van der Waals surface area contributed by atoms with E-state index in [0.717, 1.165) is 38.5 Å². The van der Waals surface area contributed by atoms with Crippen LogP contribution in [0.5, 0.6) is 0 Å². The molecule has 0 aromatic carbocycles. The van der Waals surface area contributed by atoms with Crippen molar-refractivity contribution in [3.63, 3.8) is 0 Å². The summed E-state index contributed by atoms with van der Waals surface area (Å²) >= 11 is 0. The van der Waals surface area contributed by atoms with Gasteiger partial charge in [0.1, 0.15) is 12.4 Å². The molecule has 0 saturated heterocycles. The molecule has 296 valence electrons. The van der Waals surface area contributed by atoms with Crippen LogP contribution in [0.3, 0.4) is 0 Å². The molecule has 0 rings (SSSR count). The van der Waals surface area contributed by atoms with Gasteiger partial charge in [0.05, 0.1) is 13.2 Å². The third-order valence-corrected chi connectivity index (χ3v) is 10.0. The topological polar surface area (TPSA) is 125 Å². The number of phosphoric ester groups is 1. The highest BCUT2D eigenvalue weighted by Gasteiger charge is 2.26. The van der Waals surface area contributed by atoms with E-state index in [4.69, 9.17) is 18.5 Å². The first kappa shape index (κ1) is 48.7. The van der Waals surface area contributed by atoms with E-state index in [1.807, 2.05) is 0 Å². The second-order valence-corrected chi connectivity index (χ2v) is 15.6. The number of esters is 2. The van der Waals surface area contributed by atoms with E-state index >= 15 is 0 Å². The highest BCUT2D eigenvalue weighted by atomic mass is 31.2. The van der Waals surface area contributed by atoms with E-state index in [1.54, 1.807) is 0 Å². The molecule has 0 amide bonds. The van der Waals surface area contributed by atoms with Crippen molar-refractivity contribution in [3.05, 3.63) is 0 Å². The first-order valence-electron chi connectivity index (χ1n) is 20.7. The van der Waals surface area contributed by atoms with Gasteiger partial charge in [0.2, 0.25) is 0 Å². The molecular weight excluding hydrogens is 655 g/mol. The van der Waals surface area contributed by atoms with Crippen LogP contribution >= 0.6 is 7.82 Å². The maximum atomic E-state index is 12.6. The minimum atomic E-state index is -4.44. The van der Waals surface area contributed by atoms with Gasteiger partial charge in [-0.15, -0.1) is 0 Å². The zero-order valence-corrected chi connectivity index (χ0v) is 33.5. The Morgan fingerprint density at radius 3 is 1.28 bits per heavy atom. The smallest absolute Gasteiger partial charge is 0.462 e. The van der Waals surface area contributed by atoms with E-state index in [9.17, 15) is 23.8 Å². The van der Waals surface area contributed by atoms with Crippen molar-refractivity contribution in [2.45, 2.75) is 219 Å². The van der Waals surface area contributed by atoms with Crippen molar-refractivity contribution in [2.75, 3.05) is 19.8 Å².